The molecule has 5 nitrogen and oxygen atoms in total. The number of anilines is 2. The number of fused-ring (bicyclic) bond motifs is 1. The maximum Gasteiger partial charge on any atom is 0.322 e. The van der Waals surface area contributed by atoms with Gasteiger partial charge in [-0.25, -0.2) is 4.79 Å². The summed E-state index contributed by atoms with van der Waals surface area (Å²) in [6.07, 6.45) is 0. The second kappa shape index (κ2) is 4.40. The standard InChI is InChI=1S/C11H15N3O2/c1-12-9-3-2-4-10-8(9)7-14(5-6-15)11(16)13-10/h2-4,12,15H,5-7H2,1H3,(H,13,16). The molecule has 1 aliphatic rings. The summed E-state index contributed by atoms with van der Waals surface area (Å²) in [6.45, 7) is 0.854. The van der Waals surface area contributed by atoms with E-state index >= 15 is 0 Å². The van der Waals surface area contributed by atoms with Crippen LogP contribution in [0.3, 0.4) is 0 Å². The zero-order valence-corrected chi connectivity index (χ0v) is 9.16. The monoisotopic (exact) mass is 221 g/mol. The molecule has 0 radical (unpaired) electrons. The van der Waals surface area contributed by atoms with Crippen molar-refractivity contribution in [1.82, 2.24) is 4.90 Å². The Labute approximate surface area is 94.1 Å². The molecule has 0 bridgehead atoms. The normalized spacial score (nSPS) is 14.4. The highest BCUT2D eigenvalue weighted by atomic mass is 16.3. The number of β-amino-alcohol motifs (C(OH)–C–C–N with tert-alkyl or cyclic N) is 1. The van der Waals surface area contributed by atoms with Crippen LogP contribution in [0.15, 0.2) is 18.2 Å². The van der Waals surface area contributed by atoms with Crippen LogP contribution in [0.25, 0.3) is 0 Å². The first-order valence-corrected chi connectivity index (χ1v) is 5.22. The van der Waals surface area contributed by atoms with Gasteiger partial charge >= 0.3 is 6.03 Å². The number of nitrogens with one attached hydrogen (secondary N) is 2. The molecule has 1 aromatic carbocycles. The van der Waals surface area contributed by atoms with Gasteiger partial charge in [-0.3, -0.25) is 0 Å². The quantitative estimate of drug-likeness (QED) is 0.715. The fourth-order valence-electron chi connectivity index (χ4n) is 1.87. The zero-order valence-electron chi connectivity index (χ0n) is 9.16. The Morgan fingerprint density at radius 3 is 3.06 bits per heavy atom. The third-order valence-corrected chi connectivity index (χ3v) is 2.69. The van der Waals surface area contributed by atoms with Crippen LogP contribution in [-0.2, 0) is 6.54 Å². The Bertz CT molecular complexity index is 406. The number of carbonyl (C=O) groups excluding carboxylic acids is 1. The minimum atomic E-state index is -0.158. The van der Waals surface area contributed by atoms with E-state index in [1.807, 2.05) is 25.2 Å². The molecule has 0 atom stereocenters. The van der Waals surface area contributed by atoms with Gasteiger partial charge in [-0.15, -0.1) is 0 Å². The minimum Gasteiger partial charge on any atom is -0.395 e. The summed E-state index contributed by atoms with van der Waals surface area (Å²) in [6, 6.07) is 5.58. The van der Waals surface area contributed by atoms with Crippen LogP contribution in [0.2, 0.25) is 0 Å². The average molecular weight is 221 g/mol. The van der Waals surface area contributed by atoms with Crippen molar-refractivity contribution in [2.24, 2.45) is 0 Å². The summed E-state index contributed by atoms with van der Waals surface area (Å²) in [5.74, 6) is 0. The second-order valence-corrected chi connectivity index (χ2v) is 3.66. The Balaban J connectivity index is 2.32. The molecule has 0 unspecified atom stereocenters. The van der Waals surface area contributed by atoms with Gasteiger partial charge in [0, 0.05) is 30.5 Å². The average Bonchev–Trinajstić information content (AvgIpc) is 2.29. The maximum absolute atomic E-state index is 11.6. The summed E-state index contributed by atoms with van der Waals surface area (Å²) in [7, 11) is 1.85. The molecule has 2 rings (SSSR count). The number of carbonyl (C=O) groups is 1. The van der Waals surface area contributed by atoms with E-state index in [9.17, 15) is 4.79 Å². The van der Waals surface area contributed by atoms with Crippen molar-refractivity contribution in [2.45, 2.75) is 6.54 Å². The molecule has 0 saturated carbocycles. The lowest BCUT2D eigenvalue weighted by Crippen LogP contribution is -2.40. The van der Waals surface area contributed by atoms with Gasteiger partial charge in [0.05, 0.1) is 13.2 Å². The smallest absolute Gasteiger partial charge is 0.322 e. The van der Waals surface area contributed by atoms with E-state index in [1.54, 1.807) is 4.90 Å². The molecule has 1 aromatic rings. The Hall–Kier alpha value is -1.75. The summed E-state index contributed by atoms with van der Waals surface area (Å²) in [5, 5.41) is 14.8. The van der Waals surface area contributed by atoms with Crippen molar-refractivity contribution in [1.29, 1.82) is 0 Å². The fourth-order valence-corrected chi connectivity index (χ4v) is 1.87. The summed E-state index contributed by atoms with van der Waals surface area (Å²) in [5.41, 5.74) is 2.89. The molecular formula is C11H15N3O2. The van der Waals surface area contributed by atoms with Gasteiger partial charge in [0.25, 0.3) is 0 Å². The van der Waals surface area contributed by atoms with Gasteiger partial charge in [0.2, 0.25) is 0 Å². The number of benzene rings is 1. The number of aliphatic hydroxyl groups excluding tert-OH is 1. The largest absolute Gasteiger partial charge is 0.395 e. The van der Waals surface area contributed by atoms with Crippen LogP contribution in [-0.4, -0.2) is 36.2 Å². The molecule has 0 aliphatic carbocycles. The molecule has 0 spiro atoms. The SMILES string of the molecule is CNc1cccc2c1CN(CCO)C(=O)N2. The van der Waals surface area contributed by atoms with Crippen LogP contribution in [0.4, 0.5) is 16.2 Å². The Morgan fingerprint density at radius 2 is 2.38 bits per heavy atom. The highest BCUT2D eigenvalue weighted by molar-refractivity contribution is 5.93. The number of aliphatic hydroxyl groups is 1. The molecule has 3 N–H and O–H groups in total. The first kappa shape index (κ1) is 10.8. The van der Waals surface area contributed by atoms with Crippen LogP contribution in [0.1, 0.15) is 5.56 Å². The van der Waals surface area contributed by atoms with E-state index in [-0.39, 0.29) is 12.6 Å². The van der Waals surface area contributed by atoms with E-state index < -0.39 is 0 Å². The van der Waals surface area contributed by atoms with Crippen molar-refractivity contribution < 1.29 is 9.90 Å². The van der Waals surface area contributed by atoms with E-state index in [4.69, 9.17) is 5.11 Å². The van der Waals surface area contributed by atoms with E-state index in [2.05, 4.69) is 10.6 Å². The zero-order chi connectivity index (χ0) is 11.5. The Morgan fingerprint density at radius 1 is 1.56 bits per heavy atom. The lowest BCUT2D eigenvalue weighted by Gasteiger charge is -2.30. The number of rotatable bonds is 3. The predicted molar refractivity (Wildman–Crippen MR) is 62.5 cm³/mol. The van der Waals surface area contributed by atoms with Crippen molar-refractivity contribution in [3.63, 3.8) is 0 Å². The molecule has 2 amide bonds. The van der Waals surface area contributed by atoms with Gasteiger partial charge in [-0.05, 0) is 12.1 Å². The third-order valence-electron chi connectivity index (χ3n) is 2.69. The topological polar surface area (TPSA) is 64.6 Å². The molecule has 0 saturated heterocycles. The number of nitrogens with zero attached hydrogens (tertiary/aromatic N) is 1. The van der Waals surface area contributed by atoms with Gasteiger partial charge < -0.3 is 20.6 Å². The number of urea groups is 1. The molecule has 0 aromatic heterocycles. The van der Waals surface area contributed by atoms with Crippen molar-refractivity contribution in [3.05, 3.63) is 23.8 Å². The van der Waals surface area contributed by atoms with Gasteiger partial charge in [-0.1, -0.05) is 6.07 Å². The molecular weight excluding hydrogens is 206 g/mol. The summed E-state index contributed by atoms with van der Waals surface area (Å²) < 4.78 is 0. The first-order chi connectivity index (χ1) is 7.76. The lowest BCUT2D eigenvalue weighted by molar-refractivity contribution is 0.183. The molecule has 0 fully saturated rings. The van der Waals surface area contributed by atoms with E-state index in [0.717, 1.165) is 16.9 Å². The van der Waals surface area contributed by atoms with E-state index in [0.29, 0.717) is 13.1 Å². The maximum atomic E-state index is 11.6. The molecule has 16 heavy (non-hydrogen) atoms. The molecule has 5 heteroatoms. The molecule has 1 heterocycles. The number of hydrogen-bond acceptors (Lipinski definition) is 3. The van der Waals surface area contributed by atoms with Crippen LogP contribution >= 0.6 is 0 Å². The van der Waals surface area contributed by atoms with Crippen LogP contribution in [0, 0.1) is 0 Å². The minimum absolute atomic E-state index is 0.0233. The number of amides is 2. The van der Waals surface area contributed by atoms with Gasteiger partial charge in [0.1, 0.15) is 0 Å². The molecule has 1 aliphatic heterocycles. The fraction of sp³-hybridized carbons (Fsp3) is 0.364. The third kappa shape index (κ3) is 1.81. The van der Waals surface area contributed by atoms with Crippen molar-refractivity contribution >= 4 is 17.4 Å². The van der Waals surface area contributed by atoms with Gasteiger partial charge in [0.15, 0.2) is 0 Å². The second-order valence-electron chi connectivity index (χ2n) is 3.66. The predicted octanol–water partition coefficient (Wildman–Crippen LogP) is 1.07. The van der Waals surface area contributed by atoms with Gasteiger partial charge in [-0.2, -0.15) is 0 Å². The molecule has 86 valence electrons. The lowest BCUT2D eigenvalue weighted by atomic mass is 10.1. The van der Waals surface area contributed by atoms with Crippen LogP contribution in [0.5, 0.6) is 0 Å². The number of hydrogen-bond donors (Lipinski definition) is 3. The van der Waals surface area contributed by atoms with Crippen LogP contribution < -0.4 is 10.6 Å². The highest BCUT2D eigenvalue weighted by Gasteiger charge is 2.23. The van der Waals surface area contributed by atoms with Crippen molar-refractivity contribution in [2.75, 3.05) is 30.8 Å². The Kier molecular flexibility index (Phi) is 2.96. The summed E-state index contributed by atoms with van der Waals surface area (Å²) in [4.78, 5) is 13.2. The first-order valence-electron chi connectivity index (χ1n) is 5.22. The van der Waals surface area contributed by atoms with E-state index in [1.165, 1.54) is 0 Å². The van der Waals surface area contributed by atoms with Crippen molar-refractivity contribution in [3.8, 4) is 0 Å². The highest BCUT2D eigenvalue weighted by Crippen LogP contribution is 2.29. The summed E-state index contributed by atoms with van der Waals surface area (Å²) >= 11 is 0.